The zero-order valence-electron chi connectivity index (χ0n) is 6.16. The molecular weight excluding hydrogens is 140 g/mol. The van der Waals surface area contributed by atoms with E-state index in [1.54, 1.807) is 0 Å². The highest BCUT2D eigenvalue weighted by molar-refractivity contribution is 5.53. The Morgan fingerprint density at radius 2 is 1.82 bits per heavy atom. The van der Waals surface area contributed by atoms with E-state index >= 15 is 0 Å². The van der Waals surface area contributed by atoms with Crippen LogP contribution in [-0.4, -0.2) is 13.5 Å². The van der Waals surface area contributed by atoms with Crippen LogP contribution in [0.4, 0.5) is 11.4 Å². The van der Waals surface area contributed by atoms with Crippen LogP contribution in [0.15, 0.2) is 24.3 Å². The Hall–Kier alpha value is -1.22. The number of nitrogen functional groups attached to an aromatic ring is 1. The summed E-state index contributed by atoms with van der Waals surface area (Å²) in [5.41, 5.74) is 7.51. The Morgan fingerprint density at radius 1 is 1.18 bits per heavy atom. The summed E-state index contributed by atoms with van der Waals surface area (Å²) in [6.07, 6.45) is 0. The Kier molecular flexibility index (Phi) is 1.43. The lowest BCUT2D eigenvalue weighted by atomic mass is 10.2. The number of anilines is 2. The smallest absolute Gasteiger partial charge is 0.123 e. The molecule has 2 N–H and O–H groups in total. The van der Waals surface area contributed by atoms with Crippen LogP contribution in [0.5, 0.6) is 0 Å². The number of nitrogens with two attached hydrogens (primary N) is 1. The van der Waals surface area contributed by atoms with Crippen molar-refractivity contribution in [1.29, 1.82) is 0 Å². The highest BCUT2D eigenvalue weighted by Gasteiger charge is 2.13. The lowest BCUT2D eigenvalue weighted by Crippen LogP contribution is -2.39. The van der Waals surface area contributed by atoms with E-state index in [0.717, 1.165) is 5.69 Å². The van der Waals surface area contributed by atoms with Crippen LogP contribution in [0.1, 0.15) is 0 Å². The van der Waals surface area contributed by atoms with Gasteiger partial charge in [-0.25, -0.2) is 0 Å². The predicted molar refractivity (Wildman–Crippen MR) is 44.2 cm³/mol. The van der Waals surface area contributed by atoms with Gasteiger partial charge in [0.15, 0.2) is 0 Å². The van der Waals surface area contributed by atoms with E-state index in [4.69, 9.17) is 10.5 Å². The summed E-state index contributed by atoms with van der Waals surface area (Å²) in [5.74, 6) is 0. The van der Waals surface area contributed by atoms with Gasteiger partial charge in [-0.2, -0.15) is 0 Å². The minimum absolute atomic E-state index is 0.698. The van der Waals surface area contributed by atoms with Crippen molar-refractivity contribution < 1.29 is 4.74 Å². The predicted octanol–water partition coefficient (Wildman–Crippen LogP) is 1.02. The third kappa shape index (κ3) is 1.14. The van der Waals surface area contributed by atoms with Crippen molar-refractivity contribution in [2.45, 2.75) is 0 Å². The van der Waals surface area contributed by atoms with E-state index in [2.05, 4.69) is 4.90 Å². The number of benzene rings is 1. The summed E-state index contributed by atoms with van der Waals surface area (Å²) in [6.45, 7) is 1.40. The molecule has 2 rings (SSSR count). The van der Waals surface area contributed by atoms with Crippen molar-refractivity contribution in [3.05, 3.63) is 24.3 Å². The molecule has 0 unspecified atom stereocenters. The molecule has 1 aromatic carbocycles. The number of nitrogens with zero attached hydrogens (tertiary/aromatic N) is 1. The normalized spacial score (nSPS) is 16.2. The molecule has 0 bridgehead atoms. The molecule has 3 heteroatoms. The van der Waals surface area contributed by atoms with Gasteiger partial charge in [0.1, 0.15) is 13.5 Å². The second kappa shape index (κ2) is 2.43. The molecule has 3 nitrogen and oxygen atoms in total. The second-order valence-corrected chi connectivity index (χ2v) is 2.59. The standard InChI is InChI=1S/C8H10N2O/c9-7-1-3-8(4-2-7)10-5-11-6-10/h1-4H,5-6,9H2. The highest BCUT2D eigenvalue weighted by atomic mass is 16.5. The van der Waals surface area contributed by atoms with E-state index in [-0.39, 0.29) is 0 Å². The van der Waals surface area contributed by atoms with E-state index in [1.807, 2.05) is 24.3 Å². The Bertz CT molecular complexity index is 241. The molecular formula is C8H10N2O. The zero-order chi connectivity index (χ0) is 7.68. The highest BCUT2D eigenvalue weighted by Crippen LogP contribution is 2.19. The van der Waals surface area contributed by atoms with Crippen LogP contribution in [-0.2, 0) is 4.74 Å². The maximum absolute atomic E-state index is 5.54. The van der Waals surface area contributed by atoms with Crippen molar-refractivity contribution in [3.63, 3.8) is 0 Å². The minimum Gasteiger partial charge on any atom is -0.399 e. The summed E-state index contributed by atoms with van der Waals surface area (Å²) in [7, 11) is 0. The van der Waals surface area contributed by atoms with Crippen molar-refractivity contribution in [2.24, 2.45) is 0 Å². The topological polar surface area (TPSA) is 38.5 Å². The molecule has 0 radical (unpaired) electrons. The fourth-order valence-electron chi connectivity index (χ4n) is 1.02. The first-order valence-corrected chi connectivity index (χ1v) is 3.54. The fourth-order valence-corrected chi connectivity index (χ4v) is 1.02. The van der Waals surface area contributed by atoms with E-state index in [0.29, 0.717) is 13.5 Å². The van der Waals surface area contributed by atoms with Crippen LogP contribution in [0.3, 0.4) is 0 Å². The van der Waals surface area contributed by atoms with Crippen molar-refractivity contribution >= 4 is 11.4 Å². The molecule has 1 aromatic rings. The Labute approximate surface area is 65.4 Å². The quantitative estimate of drug-likeness (QED) is 0.607. The van der Waals surface area contributed by atoms with Gasteiger partial charge in [-0.15, -0.1) is 0 Å². The third-order valence-corrected chi connectivity index (χ3v) is 1.75. The van der Waals surface area contributed by atoms with Crippen LogP contribution >= 0.6 is 0 Å². The molecule has 0 atom stereocenters. The molecule has 0 aromatic heterocycles. The van der Waals surface area contributed by atoms with Gasteiger partial charge in [0.2, 0.25) is 0 Å². The third-order valence-electron chi connectivity index (χ3n) is 1.75. The molecule has 0 amide bonds. The maximum Gasteiger partial charge on any atom is 0.123 e. The molecule has 0 spiro atoms. The number of hydrogen-bond acceptors (Lipinski definition) is 3. The lowest BCUT2D eigenvalue weighted by molar-refractivity contribution is 0.0406. The summed E-state index contributed by atoms with van der Waals surface area (Å²) < 4.78 is 5.01. The van der Waals surface area contributed by atoms with E-state index in [9.17, 15) is 0 Å². The number of ether oxygens (including phenoxy) is 1. The molecule has 0 saturated carbocycles. The zero-order valence-corrected chi connectivity index (χ0v) is 6.16. The van der Waals surface area contributed by atoms with Crippen LogP contribution in [0.25, 0.3) is 0 Å². The average molecular weight is 150 g/mol. The molecule has 0 aliphatic carbocycles. The van der Waals surface area contributed by atoms with Crippen molar-refractivity contribution in [2.75, 3.05) is 24.1 Å². The molecule has 1 heterocycles. The lowest BCUT2D eigenvalue weighted by Gasteiger charge is -2.32. The largest absolute Gasteiger partial charge is 0.399 e. The molecule has 1 aliphatic heterocycles. The summed E-state index contributed by atoms with van der Waals surface area (Å²) in [5, 5.41) is 0. The summed E-state index contributed by atoms with van der Waals surface area (Å²) in [4.78, 5) is 2.12. The van der Waals surface area contributed by atoms with Gasteiger partial charge in [0.25, 0.3) is 0 Å². The van der Waals surface area contributed by atoms with Crippen LogP contribution < -0.4 is 10.6 Å². The first kappa shape index (κ1) is 6.49. The van der Waals surface area contributed by atoms with Crippen molar-refractivity contribution in [1.82, 2.24) is 0 Å². The Balaban J connectivity index is 2.18. The molecule has 11 heavy (non-hydrogen) atoms. The number of rotatable bonds is 1. The molecule has 1 aliphatic rings. The van der Waals surface area contributed by atoms with Gasteiger partial charge < -0.3 is 15.4 Å². The van der Waals surface area contributed by atoms with Gasteiger partial charge in [-0.3, -0.25) is 0 Å². The fraction of sp³-hybridized carbons (Fsp3) is 0.250. The van der Waals surface area contributed by atoms with Crippen LogP contribution in [0, 0.1) is 0 Å². The first-order valence-electron chi connectivity index (χ1n) is 3.54. The molecule has 58 valence electrons. The number of hydrogen-bond donors (Lipinski definition) is 1. The second-order valence-electron chi connectivity index (χ2n) is 2.59. The van der Waals surface area contributed by atoms with Gasteiger partial charge in [-0.05, 0) is 24.3 Å². The van der Waals surface area contributed by atoms with Gasteiger partial charge >= 0.3 is 0 Å². The monoisotopic (exact) mass is 150 g/mol. The van der Waals surface area contributed by atoms with Gasteiger partial charge in [0, 0.05) is 11.4 Å². The Morgan fingerprint density at radius 3 is 2.27 bits per heavy atom. The summed E-state index contributed by atoms with van der Waals surface area (Å²) in [6, 6.07) is 7.79. The summed E-state index contributed by atoms with van der Waals surface area (Å²) >= 11 is 0. The van der Waals surface area contributed by atoms with Crippen molar-refractivity contribution in [3.8, 4) is 0 Å². The van der Waals surface area contributed by atoms with Gasteiger partial charge in [-0.1, -0.05) is 0 Å². The first-order chi connectivity index (χ1) is 5.36. The SMILES string of the molecule is Nc1ccc(N2COC2)cc1. The van der Waals surface area contributed by atoms with E-state index in [1.165, 1.54) is 5.69 Å². The molecule has 1 saturated heterocycles. The molecule has 1 fully saturated rings. The minimum atomic E-state index is 0.698. The van der Waals surface area contributed by atoms with Gasteiger partial charge in [0.05, 0.1) is 0 Å². The van der Waals surface area contributed by atoms with E-state index < -0.39 is 0 Å². The maximum atomic E-state index is 5.54. The average Bonchev–Trinajstić information content (AvgIpc) is 1.90. The van der Waals surface area contributed by atoms with Crippen LogP contribution in [0.2, 0.25) is 0 Å².